The molecule has 0 bridgehead atoms. The zero-order valence-corrected chi connectivity index (χ0v) is 19.4. The molecular formula is C22H33N3O5S. The molecular weight excluding hydrogens is 418 g/mol. The van der Waals surface area contributed by atoms with Crippen molar-refractivity contribution in [1.82, 2.24) is 14.5 Å². The van der Waals surface area contributed by atoms with E-state index in [-0.39, 0.29) is 24.0 Å². The van der Waals surface area contributed by atoms with Crippen molar-refractivity contribution in [2.24, 2.45) is 5.92 Å². The lowest BCUT2D eigenvalue weighted by molar-refractivity contribution is -0.127. The fourth-order valence-electron chi connectivity index (χ4n) is 4.12. The van der Waals surface area contributed by atoms with Crippen molar-refractivity contribution in [1.29, 1.82) is 0 Å². The monoisotopic (exact) mass is 451 g/mol. The lowest BCUT2D eigenvalue weighted by atomic mass is 9.96. The summed E-state index contributed by atoms with van der Waals surface area (Å²) in [6.45, 7) is 7.81. The highest BCUT2D eigenvalue weighted by Gasteiger charge is 2.33. The molecule has 8 nitrogen and oxygen atoms in total. The third kappa shape index (κ3) is 5.57. The van der Waals surface area contributed by atoms with Crippen LogP contribution in [-0.4, -0.2) is 68.5 Å². The number of rotatable bonds is 5. The summed E-state index contributed by atoms with van der Waals surface area (Å²) in [7, 11) is -3.54. The highest BCUT2D eigenvalue weighted by molar-refractivity contribution is 7.89. The van der Waals surface area contributed by atoms with Gasteiger partial charge in [-0.1, -0.05) is 6.07 Å². The molecule has 2 heterocycles. The molecule has 0 aromatic heterocycles. The molecule has 3 rings (SSSR count). The van der Waals surface area contributed by atoms with Crippen molar-refractivity contribution in [3.8, 4) is 0 Å². The molecule has 0 unspecified atom stereocenters. The van der Waals surface area contributed by atoms with Crippen LogP contribution in [0, 0.1) is 19.8 Å². The minimum absolute atomic E-state index is 0.0159. The lowest BCUT2D eigenvalue weighted by Crippen LogP contribution is -2.49. The average molecular weight is 452 g/mol. The van der Waals surface area contributed by atoms with Gasteiger partial charge in [-0.3, -0.25) is 4.79 Å². The molecule has 2 amide bonds. The lowest BCUT2D eigenvalue weighted by Gasteiger charge is -2.34. The van der Waals surface area contributed by atoms with Crippen molar-refractivity contribution in [3.63, 3.8) is 0 Å². The predicted octanol–water partition coefficient (Wildman–Crippen LogP) is 2.44. The van der Waals surface area contributed by atoms with E-state index in [2.05, 4.69) is 5.32 Å². The zero-order chi connectivity index (χ0) is 22.6. The summed E-state index contributed by atoms with van der Waals surface area (Å²) in [4.78, 5) is 26.5. The molecule has 31 heavy (non-hydrogen) atoms. The smallest absolute Gasteiger partial charge is 0.409 e. The number of likely N-dealkylation sites (tertiary alicyclic amines) is 1. The van der Waals surface area contributed by atoms with E-state index in [9.17, 15) is 18.0 Å². The van der Waals surface area contributed by atoms with Crippen LogP contribution in [0.25, 0.3) is 0 Å². The average Bonchev–Trinajstić information content (AvgIpc) is 2.76. The molecule has 2 fully saturated rings. The molecule has 172 valence electrons. The van der Waals surface area contributed by atoms with E-state index in [0.29, 0.717) is 63.4 Å². The maximum absolute atomic E-state index is 13.0. The van der Waals surface area contributed by atoms with E-state index >= 15 is 0 Å². The number of hydrogen-bond donors (Lipinski definition) is 1. The highest BCUT2D eigenvalue weighted by Crippen LogP contribution is 2.25. The molecule has 9 heteroatoms. The molecule has 0 radical (unpaired) electrons. The summed E-state index contributed by atoms with van der Waals surface area (Å²) in [6.07, 6.45) is 2.12. The number of hydrogen-bond acceptors (Lipinski definition) is 5. The Morgan fingerprint density at radius 3 is 2.26 bits per heavy atom. The van der Waals surface area contributed by atoms with E-state index in [1.165, 1.54) is 4.31 Å². The molecule has 2 saturated heterocycles. The van der Waals surface area contributed by atoms with Gasteiger partial charge in [0.2, 0.25) is 15.9 Å². The van der Waals surface area contributed by atoms with Gasteiger partial charge in [-0.25, -0.2) is 13.2 Å². The third-order valence-corrected chi connectivity index (χ3v) is 8.20. The predicted molar refractivity (Wildman–Crippen MR) is 117 cm³/mol. The Morgan fingerprint density at radius 2 is 1.68 bits per heavy atom. The molecule has 1 aromatic carbocycles. The number of ether oxygens (including phenoxy) is 1. The Morgan fingerprint density at radius 1 is 1.03 bits per heavy atom. The number of amides is 2. The van der Waals surface area contributed by atoms with Gasteiger partial charge in [-0.2, -0.15) is 4.31 Å². The molecule has 2 aliphatic rings. The van der Waals surface area contributed by atoms with Gasteiger partial charge in [0.15, 0.2) is 0 Å². The van der Waals surface area contributed by atoms with E-state index < -0.39 is 10.0 Å². The second-order valence-corrected chi connectivity index (χ2v) is 10.3. The number of nitrogens with zero attached hydrogens (tertiary/aromatic N) is 2. The van der Waals surface area contributed by atoms with Crippen LogP contribution in [0.2, 0.25) is 0 Å². The number of nitrogens with one attached hydrogen (secondary N) is 1. The summed E-state index contributed by atoms with van der Waals surface area (Å²) < 4.78 is 32.4. The van der Waals surface area contributed by atoms with Crippen LogP contribution in [0.3, 0.4) is 0 Å². The second kappa shape index (κ2) is 9.99. The first-order valence-corrected chi connectivity index (χ1v) is 12.5. The maximum Gasteiger partial charge on any atom is 0.409 e. The summed E-state index contributed by atoms with van der Waals surface area (Å²) in [6, 6.07) is 5.23. The summed E-state index contributed by atoms with van der Waals surface area (Å²) >= 11 is 0. The van der Waals surface area contributed by atoms with Gasteiger partial charge < -0.3 is 15.0 Å². The molecule has 1 aromatic rings. The first-order valence-electron chi connectivity index (χ1n) is 11.0. The van der Waals surface area contributed by atoms with Crippen LogP contribution in [0.4, 0.5) is 4.79 Å². The van der Waals surface area contributed by atoms with E-state index in [1.807, 2.05) is 19.9 Å². The minimum Gasteiger partial charge on any atom is -0.450 e. The SMILES string of the molecule is CCOC(=O)N1CCC(NC(=O)C2CCN(S(=O)(=O)c3ccc(C)c(C)c3)CC2)CC1. The minimum atomic E-state index is -3.54. The van der Waals surface area contributed by atoms with E-state index in [4.69, 9.17) is 4.74 Å². The molecule has 0 aliphatic carbocycles. The quantitative estimate of drug-likeness (QED) is 0.742. The van der Waals surface area contributed by atoms with Crippen LogP contribution < -0.4 is 5.32 Å². The molecule has 2 aliphatic heterocycles. The van der Waals surface area contributed by atoms with Crippen molar-refractivity contribution in [2.75, 3.05) is 32.8 Å². The van der Waals surface area contributed by atoms with Crippen LogP contribution in [0.5, 0.6) is 0 Å². The normalized spacial score (nSPS) is 19.3. The topological polar surface area (TPSA) is 96.0 Å². The van der Waals surface area contributed by atoms with Crippen molar-refractivity contribution >= 4 is 22.0 Å². The van der Waals surface area contributed by atoms with Crippen molar-refractivity contribution in [3.05, 3.63) is 29.3 Å². The van der Waals surface area contributed by atoms with Gasteiger partial charge in [0.05, 0.1) is 11.5 Å². The summed E-state index contributed by atoms with van der Waals surface area (Å²) in [5.74, 6) is -0.202. The van der Waals surface area contributed by atoms with Gasteiger partial charge in [0, 0.05) is 38.1 Å². The van der Waals surface area contributed by atoms with Crippen molar-refractivity contribution in [2.45, 2.75) is 57.4 Å². The van der Waals surface area contributed by atoms with Gasteiger partial charge in [-0.15, -0.1) is 0 Å². The summed E-state index contributed by atoms with van der Waals surface area (Å²) in [5, 5.41) is 3.09. The van der Waals surface area contributed by atoms with Crippen LogP contribution in [0.1, 0.15) is 43.7 Å². The third-order valence-electron chi connectivity index (χ3n) is 6.31. The van der Waals surface area contributed by atoms with Crippen LogP contribution in [-0.2, 0) is 19.6 Å². The molecule has 0 atom stereocenters. The Kier molecular flexibility index (Phi) is 7.59. The first kappa shape index (κ1) is 23.5. The molecule has 0 spiro atoms. The largest absolute Gasteiger partial charge is 0.450 e. The second-order valence-electron chi connectivity index (χ2n) is 8.39. The maximum atomic E-state index is 13.0. The fraction of sp³-hybridized carbons (Fsp3) is 0.636. The van der Waals surface area contributed by atoms with Crippen LogP contribution in [0.15, 0.2) is 23.1 Å². The first-order chi connectivity index (χ1) is 14.7. The van der Waals surface area contributed by atoms with Gasteiger partial charge in [0.25, 0.3) is 0 Å². The Hall–Kier alpha value is -2.13. The molecule has 0 saturated carbocycles. The highest BCUT2D eigenvalue weighted by atomic mass is 32.2. The number of piperidine rings is 2. The van der Waals surface area contributed by atoms with Crippen LogP contribution >= 0.6 is 0 Å². The van der Waals surface area contributed by atoms with Crippen molar-refractivity contribution < 1.29 is 22.7 Å². The molecule has 1 N–H and O–H groups in total. The Balaban J connectivity index is 1.49. The Bertz CT molecular complexity index is 902. The van der Waals surface area contributed by atoms with Gasteiger partial charge >= 0.3 is 6.09 Å². The fourth-order valence-corrected chi connectivity index (χ4v) is 5.68. The zero-order valence-electron chi connectivity index (χ0n) is 18.6. The number of sulfonamides is 1. The van der Waals surface area contributed by atoms with E-state index in [1.54, 1.807) is 24.0 Å². The van der Waals surface area contributed by atoms with E-state index in [0.717, 1.165) is 11.1 Å². The van der Waals surface area contributed by atoms with Gasteiger partial charge in [-0.05, 0) is 69.7 Å². The number of carbonyl (C=O) groups excluding carboxylic acids is 2. The number of carbonyl (C=O) groups is 2. The standard InChI is InChI=1S/C22H33N3O5S/c1-4-30-22(27)24-11-9-19(10-12-24)23-21(26)18-7-13-25(14-8-18)31(28,29)20-6-5-16(2)17(3)15-20/h5-6,15,18-19H,4,7-14H2,1-3H3,(H,23,26). The number of aryl methyl sites for hydroxylation is 2. The summed E-state index contributed by atoms with van der Waals surface area (Å²) in [5.41, 5.74) is 2.01. The Labute approximate surface area is 185 Å². The van der Waals surface area contributed by atoms with Gasteiger partial charge in [0.1, 0.15) is 0 Å². The number of benzene rings is 1.